The molecule has 0 saturated heterocycles. The van der Waals surface area contributed by atoms with E-state index < -0.39 is 0 Å². The van der Waals surface area contributed by atoms with Crippen molar-refractivity contribution >= 4 is 11.5 Å². The van der Waals surface area contributed by atoms with Crippen molar-refractivity contribution in [2.75, 3.05) is 11.1 Å². The molecule has 0 bridgehead atoms. The number of nitrogens with two attached hydrogens (primary N) is 1. The molecule has 4 nitrogen and oxygen atoms in total. The molecule has 0 saturated carbocycles. The van der Waals surface area contributed by atoms with Crippen molar-refractivity contribution in [3.05, 3.63) is 42.0 Å². The number of hydrogen-bond donors (Lipinski definition) is 2. The Hall–Kier alpha value is -1.97. The Kier molecular flexibility index (Phi) is 2.81. The van der Waals surface area contributed by atoms with Crippen molar-refractivity contribution in [2.45, 2.75) is 19.9 Å². The molecule has 2 heterocycles. The van der Waals surface area contributed by atoms with Crippen LogP contribution in [-0.2, 0) is 0 Å². The third-order valence-corrected chi connectivity index (χ3v) is 2.38. The molecule has 1 unspecified atom stereocenters. The lowest BCUT2D eigenvalue weighted by Crippen LogP contribution is -2.08. The second-order valence-corrected chi connectivity index (χ2v) is 3.76. The molecule has 4 heteroatoms. The van der Waals surface area contributed by atoms with E-state index in [4.69, 9.17) is 10.2 Å². The highest BCUT2D eigenvalue weighted by molar-refractivity contribution is 5.60. The number of nitrogens with one attached hydrogen (secondary N) is 1. The van der Waals surface area contributed by atoms with Crippen LogP contribution < -0.4 is 11.1 Å². The van der Waals surface area contributed by atoms with Crippen LogP contribution in [0.4, 0.5) is 11.5 Å². The minimum atomic E-state index is 0.0471. The van der Waals surface area contributed by atoms with E-state index in [1.54, 1.807) is 6.20 Å². The topological polar surface area (TPSA) is 64.1 Å². The number of anilines is 2. The fraction of sp³-hybridized carbons (Fsp3) is 0.250. The number of furan rings is 1. The molecule has 2 aromatic rings. The Balaban J connectivity index is 2.13. The summed E-state index contributed by atoms with van der Waals surface area (Å²) in [6.45, 7) is 3.93. The van der Waals surface area contributed by atoms with Gasteiger partial charge in [-0.15, -0.1) is 0 Å². The van der Waals surface area contributed by atoms with Gasteiger partial charge in [-0.3, -0.25) is 0 Å². The van der Waals surface area contributed by atoms with Gasteiger partial charge in [0, 0.05) is 6.20 Å². The van der Waals surface area contributed by atoms with E-state index in [0.29, 0.717) is 11.5 Å². The molecule has 0 aromatic carbocycles. The second-order valence-electron chi connectivity index (χ2n) is 3.76. The van der Waals surface area contributed by atoms with Crippen LogP contribution in [0.1, 0.15) is 24.5 Å². The summed E-state index contributed by atoms with van der Waals surface area (Å²) >= 11 is 0. The minimum absolute atomic E-state index is 0.0471. The first-order chi connectivity index (χ1) is 7.66. The summed E-state index contributed by atoms with van der Waals surface area (Å²) in [6.07, 6.45) is 1.71. The molecule has 0 aliphatic heterocycles. The Bertz CT molecular complexity index is 479. The number of nitrogens with zero attached hydrogens (tertiary/aromatic N) is 1. The second kappa shape index (κ2) is 4.26. The summed E-state index contributed by atoms with van der Waals surface area (Å²) < 4.78 is 5.53. The molecule has 3 N–H and O–H groups in total. The van der Waals surface area contributed by atoms with E-state index in [9.17, 15) is 0 Å². The van der Waals surface area contributed by atoms with Gasteiger partial charge in [0.1, 0.15) is 17.3 Å². The molecule has 0 radical (unpaired) electrons. The zero-order chi connectivity index (χ0) is 11.5. The number of hydrogen-bond acceptors (Lipinski definition) is 4. The zero-order valence-electron chi connectivity index (χ0n) is 9.40. The third kappa shape index (κ3) is 2.16. The number of aryl methyl sites for hydroxylation is 1. The predicted octanol–water partition coefficient (Wildman–Crippen LogP) is 2.74. The van der Waals surface area contributed by atoms with Gasteiger partial charge >= 0.3 is 0 Å². The Morgan fingerprint density at radius 1 is 1.38 bits per heavy atom. The van der Waals surface area contributed by atoms with Crippen LogP contribution in [0.25, 0.3) is 0 Å². The number of pyridine rings is 1. The monoisotopic (exact) mass is 217 g/mol. The first kappa shape index (κ1) is 10.5. The van der Waals surface area contributed by atoms with Gasteiger partial charge in [-0.25, -0.2) is 4.98 Å². The van der Waals surface area contributed by atoms with E-state index in [0.717, 1.165) is 11.5 Å². The van der Waals surface area contributed by atoms with Crippen molar-refractivity contribution < 1.29 is 4.42 Å². The molecule has 0 aliphatic rings. The van der Waals surface area contributed by atoms with Crippen LogP contribution in [0.2, 0.25) is 0 Å². The van der Waals surface area contributed by atoms with E-state index in [1.165, 1.54) is 0 Å². The van der Waals surface area contributed by atoms with Crippen LogP contribution in [0.5, 0.6) is 0 Å². The fourth-order valence-electron chi connectivity index (χ4n) is 1.50. The third-order valence-electron chi connectivity index (χ3n) is 2.38. The number of nitrogen functional groups attached to an aromatic ring is 1. The van der Waals surface area contributed by atoms with Gasteiger partial charge in [0.15, 0.2) is 0 Å². The average Bonchev–Trinajstić information content (AvgIpc) is 2.68. The van der Waals surface area contributed by atoms with Gasteiger partial charge in [-0.05, 0) is 38.1 Å². The van der Waals surface area contributed by atoms with Gasteiger partial charge in [-0.1, -0.05) is 0 Å². The molecular weight excluding hydrogens is 202 g/mol. The summed E-state index contributed by atoms with van der Waals surface area (Å²) in [7, 11) is 0. The highest BCUT2D eigenvalue weighted by Gasteiger charge is 2.10. The van der Waals surface area contributed by atoms with Crippen molar-refractivity contribution in [2.24, 2.45) is 0 Å². The lowest BCUT2D eigenvalue weighted by atomic mass is 10.2. The molecule has 1 atom stereocenters. The van der Waals surface area contributed by atoms with Crippen LogP contribution in [0, 0.1) is 6.92 Å². The molecular formula is C12H15N3O. The number of rotatable bonds is 3. The minimum Gasteiger partial charge on any atom is -0.464 e. The standard InChI is InChI=1S/C12H15N3O/c1-8-5-6-11(16-8)9(2)15-12-10(13)4-3-7-14-12/h3-7,9H,13H2,1-2H3,(H,14,15). The van der Waals surface area contributed by atoms with Crippen molar-refractivity contribution in [1.82, 2.24) is 4.98 Å². The summed E-state index contributed by atoms with van der Waals surface area (Å²) in [5, 5.41) is 3.21. The Labute approximate surface area is 94.5 Å². The zero-order valence-corrected chi connectivity index (χ0v) is 9.40. The Morgan fingerprint density at radius 2 is 2.19 bits per heavy atom. The largest absolute Gasteiger partial charge is 0.464 e. The fourth-order valence-corrected chi connectivity index (χ4v) is 1.50. The van der Waals surface area contributed by atoms with E-state index in [-0.39, 0.29) is 6.04 Å². The van der Waals surface area contributed by atoms with E-state index >= 15 is 0 Å². The van der Waals surface area contributed by atoms with Crippen LogP contribution in [0.15, 0.2) is 34.9 Å². The highest BCUT2D eigenvalue weighted by Crippen LogP contribution is 2.22. The lowest BCUT2D eigenvalue weighted by molar-refractivity contribution is 0.466. The van der Waals surface area contributed by atoms with Crippen molar-refractivity contribution in [3.63, 3.8) is 0 Å². The van der Waals surface area contributed by atoms with Gasteiger partial charge in [0.25, 0.3) is 0 Å². The smallest absolute Gasteiger partial charge is 0.149 e. The summed E-state index contributed by atoms with van der Waals surface area (Å²) in [6, 6.07) is 7.56. The molecule has 0 aliphatic carbocycles. The maximum atomic E-state index is 5.80. The molecule has 0 spiro atoms. The van der Waals surface area contributed by atoms with Gasteiger partial charge < -0.3 is 15.5 Å². The molecule has 0 amide bonds. The van der Waals surface area contributed by atoms with Crippen molar-refractivity contribution in [1.29, 1.82) is 0 Å². The normalized spacial score (nSPS) is 12.4. The maximum absolute atomic E-state index is 5.80. The molecule has 16 heavy (non-hydrogen) atoms. The van der Waals surface area contributed by atoms with Gasteiger partial charge in [0.2, 0.25) is 0 Å². The lowest BCUT2D eigenvalue weighted by Gasteiger charge is -2.13. The maximum Gasteiger partial charge on any atom is 0.149 e. The Morgan fingerprint density at radius 3 is 2.81 bits per heavy atom. The highest BCUT2D eigenvalue weighted by atomic mass is 16.3. The SMILES string of the molecule is Cc1ccc(C(C)Nc2ncccc2N)o1. The molecule has 2 rings (SSSR count). The summed E-state index contributed by atoms with van der Waals surface area (Å²) in [5.41, 5.74) is 6.43. The van der Waals surface area contributed by atoms with Crippen LogP contribution in [-0.4, -0.2) is 4.98 Å². The predicted molar refractivity (Wildman–Crippen MR) is 64.1 cm³/mol. The van der Waals surface area contributed by atoms with Gasteiger partial charge in [0.05, 0.1) is 11.7 Å². The average molecular weight is 217 g/mol. The van der Waals surface area contributed by atoms with Crippen LogP contribution in [0.3, 0.4) is 0 Å². The van der Waals surface area contributed by atoms with Crippen molar-refractivity contribution in [3.8, 4) is 0 Å². The molecule has 2 aromatic heterocycles. The molecule has 84 valence electrons. The number of aromatic nitrogens is 1. The first-order valence-corrected chi connectivity index (χ1v) is 5.20. The summed E-state index contributed by atoms with van der Waals surface area (Å²) in [5.74, 6) is 2.46. The molecule has 0 fully saturated rings. The van der Waals surface area contributed by atoms with E-state index in [2.05, 4.69) is 10.3 Å². The van der Waals surface area contributed by atoms with Gasteiger partial charge in [-0.2, -0.15) is 0 Å². The van der Waals surface area contributed by atoms with Crippen LogP contribution >= 0.6 is 0 Å². The quantitative estimate of drug-likeness (QED) is 0.829. The summed E-state index contributed by atoms with van der Waals surface area (Å²) in [4.78, 5) is 4.17. The first-order valence-electron chi connectivity index (χ1n) is 5.20. The van der Waals surface area contributed by atoms with E-state index in [1.807, 2.05) is 38.1 Å².